The number of ether oxygens (including phenoxy) is 1. The van der Waals surface area contributed by atoms with Crippen LogP contribution in [0.15, 0.2) is 85.2 Å². The van der Waals surface area contributed by atoms with Gasteiger partial charge in [-0.2, -0.15) is 0 Å². The van der Waals surface area contributed by atoms with Gasteiger partial charge in [-0.05, 0) is 29.2 Å². The van der Waals surface area contributed by atoms with E-state index in [2.05, 4.69) is 20.5 Å². The van der Waals surface area contributed by atoms with E-state index in [1.807, 2.05) is 66.7 Å². The molecule has 4 aromatic rings. The Balaban J connectivity index is 1.48. The molecule has 1 aromatic heterocycles. The molecule has 0 fully saturated rings. The highest BCUT2D eigenvalue weighted by Gasteiger charge is 2.16. The molecule has 8 nitrogen and oxygen atoms in total. The van der Waals surface area contributed by atoms with Gasteiger partial charge in [-0.3, -0.25) is 10.1 Å². The van der Waals surface area contributed by atoms with E-state index >= 15 is 0 Å². The molecule has 1 amide bonds. The topological polar surface area (TPSA) is 114 Å². The summed E-state index contributed by atoms with van der Waals surface area (Å²) < 4.78 is 5.47. The number of amides is 1. The van der Waals surface area contributed by atoms with Crippen LogP contribution in [0.5, 0.6) is 0 Å². The lowest BCUT2D eigenvalue weighted by Gasteiger charge is -2.14. The first-order valence-corrected chi connectivity index (χ1v) is 10.6. The monoisotopic (exact) mass is 454 g/mol. The molecule has 0 bridgehead atoms. The zero-order chi connectivity index (χ0) is 23.9. The van der Waals surface area contributed by atoms with Gasteiger partial charge >= 0.3 is 12.1 Å². The van der Waals surface area contributed by atoms with Gasteiger partial charge in [0.05, 0.1) is 6.42 Å². The Morgan fingerprint density at radius 1 is 0.912 bits per heavy atom. The van der Waals surface area contributed by atoms with Crippen LogP contribution < -0.4 is 5.32 Å². The zero-order valence-corrected chi connectivity index (χ0v) is 18.4. The van der Waals surface area contributed by atoms with Crippen LogP contribution in [-0.2, 0) is 16.0 Å². The smallest absolute Gasteiger partial charge is 0.413 e. The molecule has 1 heterocycles. The van der Waals surface area contributed by atoms with Gasteiger partial charge in [-0.25, -0.2) is 9.78 Å². The van der Waals surface area contributed by atoms with Crippen molar-refractivity contribution >= 4 is 17.9 Å². The second-order valence-electron chi connectivity index (χ2n) is 7.59. The minimum Gasteiger partial charge on any atom is -0.481 e. The van der Waals surface area contributed by atoms with Crippen molar-refractivity contribution in [1.82, 2.24) is 15.2 Å². The summed E-state index contributed by atoms with van der Waals surface area (Å²) in [6.07, 6.45) is 0.172. The Morgan fingerprint density at radius 2 is 1.53 bits per heavy atom. The number of rotatable bonds is 7. The lowest BCUT2D eigenvalue weighted by molar-refractivity contribution is -0.136. The first-order chi connectivity index (χ1) is 16.5. The van der Waals surface area contributed by atoms with Crippen LogP contribution >= 0.6 is 0 Å². The Kier molecular flexibility index (Phi) is 6.88. The number of carboxylic acids is 1. The molecule has 170 valence electrons. The van der Waals surface area contributed by atoms with Crippen molar-refractivity contribution in [1.29, 1.82) is 0 Å². The van der Waals surface area contributed by atoms with Crippen LogP contribution in [-0.4, -0.2) is 32.4 Å². The van der Waals surface area contributed by atoms with E-state index in [1.54, 1.807) is 19.1 Å². The summed E-state index contributed by atoms with van der Waals surface area (Å²) >= 11 is 0. The molecular formula is C26H22N4O4. The predicted octanol–water partition coefficient (Wildman–Crippen LogP) is 5.14. The zero-order valence-electron chi connectivity index (χ0n) is 18.4. The number of aromatic nitrogens is 3. The molecule has 0 aliphatic rings. The molecule has 0 saturated carbocycles. The SMILES string of the molecule is CC(OC(=O)Nc1ncnnc1-c1ccc(-c2ccc(CC(=O)O)cc2)cc1)c1ccccc1. The number of hydrogen-bond acceptors (Lipinski definition) is 6. The molecule has 3 aromatic carbocycles. The van der Waals surface area contributed by atoms with E-state index < -0.39 is 18.2 Å². The van der Waals surface area contributed by atoms with Gasteiger partial charge in [-0.15, -0.1) is 10.2 Å². The number of carboxylic acid groups (broad SMARTS) is 1. The second-order valence-corrected chi connectivity index (χ2v) is 7.59. The number of benzene rings is 3. The van der Waals surface area contributed by atoms with Crippen LogP contribution in [0.3, 0.4) is 0 Å². The second kappa shape index (κ2) is 10.4. The van der Waals surface area contributed by atoms with Gasteiger partial charge in [0.25, 0.3) is 0 Å². The van der Waals surface area contributed by atoms with Crippen LogP contribution in [0.1, 0.15) is 24.2 Å². The fourth-order valence-corrected chi connectivity index (χ4v) is 3.45. The number of nitrogens with one attached hydrogen (secondary N) is 1. The molecule has 0 aliphatic heterocycles. The quantitative estimate of drug-likeness (QED) is 0.397. The van der Waals surface area contributed by atoms with E-state index in [0.29, 0.717) is 5.69 Å². The van der Waals surface area contributed by atoms with Gasteiger partial charge in [0, 0.05) is 5.56 Å². The molecule has 0 spiro atoms. The maximum absolute atomic E-state index is 12.5. The van der Waals surface area contributed by atoms with Crippen molar-refractivity contribution in [3.63, 3.8) is 0 Å². The highest BCUT2D eigenvalue weighted by atomic mass is 16.6. The molecule has 0 radical (unpaired) electrons. The largest absolute Gasteiger partial charge is 0.481 e. The van der Waals surface area contributed by atoms with Crippen LogP contribution in [0.4, 0.5) is 10.6 Å². The molecule has 1 unspecified atom stereocenters. The fraction of sp³-hybridized carbons (Fsp3) is 0.115. The lowest BCUT2D eigenvalue weighted by atomic mass is 10.0. The molecule has 2 N–H and O–H groups in total. The van der Waals surface area contributed by atoms with Gasteiger partial charge < -0.3 is 9.84 Å². The molecular weight excluding hydrogens is 432 g/mol. The van der Waals surface area contributed by atoms with E-state index in [0.717, 1.165) is 27.8 Å². The number of aliphatic carboxylic acids is 1. The molecule has 0 aliphatic carbocycles. The Morgan fingerprint density at radius 3 is 2.18 bits per heavy atom. The summed E-state index contributed by atoms with van der Waals surface area (Å²) in [7, 11) is 0. The predicted molar refractivity (Wildman–Crippen MR) is 127 cm³/mol. The molecule has 0 saturated heterocycles. The first-order valence-electron chi connectivity index (χ1n) is 10.6. The van der Waals surface area contributed by atoms with Gasteiger partial charge in [0.1, 0.15) is 18.1 Å². The number of hydrogen-bond donors (Lipinski definition) is 2. The maximum atomic E-state index is 12.5. The molecule has 8 heteroatoms. The number of carbonyl (C=O) groups excluding carboxylic acids is 1. The van der Waals surface area contributed by atoms with Gasteiger partial charge in [0.15, 0.2) is 5.82 Å². The highest BCUT2D eigenvalue weighted by molar-refractivity contribution is 5.88. The number of carbonyl (C=O) groups is 2. The molecule has 1 atom stereocenters. The van der Waals surface area contributed by atoms with Crippen molar-refractivity contribution in [2.45, 2.75) is 19.4 Å². The average Bonchev–Trinajstić information content (AvgIpc) is 2.85. The van der Waals surface area contributed by atoms with E-state index in [-0.39, 0.29) is 12.2 Å². The Labute approximate surface area is 196 Å². The highest BCUT2D eigenvalue weighted by Crippen LogP contribution is 2.27. The summed E-state index contributed by atoms with van der Waals surface area (Å²) in [5.41, 5.74) is 4.66. The Bertz CT molecular complexity index is 1280. The van der Waals surface area contributed by atoms with Crippen molar-refractivity contribution in [2.24, 2.45) is 0 Å². The van der Waals surface area contributed by atoms with E-state index in [9.17, 15) is 9.59 Å². The standard InChI is InChI=1S/C26H22N4O4/c1-17(19-5-3-2-4-6-19)34-26(33)29-25-24(30-28-16-27-25)22-13-11-21(12-14-22)20-9-7-18(8-10-20)15-23(31)32/h2-14,16-17H,15H2,1H3,(H,31,32)(H,27,28,29,33). The van der Waals surface area contributed by atoms with Gasteiger partial charge in [-0.1, -0.05) is 78.9 Å². The van der Waals surface area contributed by atoms with Crippen LogP contribution in [0.25, 0.3) is 22.4 Å². The van der Waals surface area contributed by atoms with E-state index in [1.165, 1.54) is 6.33 Å². The fourth-order valence-electron chi connectivity index (χ4n) is 3.45. The Hall–Kier alpha value is -4.59. The van der Waals surface area contributed by atoms with Crippen molar-refractivity contribution < 1.29 is 19.4 Å². The molecule has 4 rings (SSSR count). The summed E-state index contributed by atoms with van der Waals surface area (Å²) in [5.74, 6) is -0.622. The normalized spacial score (nSPS) is 11.4. The van der Waals surface area contributed by atoms with E-state index in [4.69, 9.17) is 9.84 Å². The summed E-state index contributed by atoms with van der Waals surface area (Å²) in [6, 6.07) is 24.3. The summed E-state index contributed by atoms with van der Waals surface area (Å²) in [4.78, 5) is 27.5. The van der Waals surface area contributed by atoms with Crippen molar-refractivity contribution in [3.05, 3.63) is 96.3 Å². The van der Waals surface area contributed by atoms with Crippen LogP contribution in [0, 0.1) is 0 Å². The third-order valence-corrected chi connectivity index (χ3v) is 5.19. The summed E-state index contributed by atoms with van der Waals surface area (Å²) in [6.45, 7) is 1.79. The minimum atomic E-state index is -0.863. The van der Waals surface area contributed by atoms with Gasteiger partial charge in [0.2, 0.25) is 0 Å². The third-order valence-electron chi connectivity index (χ3n) is 5.19. The minimum absolute atomic E-state index is 0.0127. The molecule has 34 heavy (non-hydrogen) atoms. The first kappa shape index (κ1) is 22.6. The average molecular weight is 454 g/mol. The number of anilines is 1. The number of nitrogens with zero attached hydrogens (tertiary/aromatic N) is 3. The lowest BCUT2D eigenvalue weighted by Crippen LogP contribution is -2.18. The van der Waals surface area contributed by atoms with Crippen molar-refractivity contribution in [3.8, 4) is 22.4 Å². The third kappa shape index (κ3) is 5.60. The summed E-state index contributed by atoms with van der Waals surface area (Å²) in [5, 5.41) is 19.6. The van der Waals surface area contributed by atoms with Crippen LogP contribution in [0.2, 0.25) is 0 Å². The van der Waals surface area contributed by atoms with Crippen molar-refractivity contribution in [2.75, 3.05) is 5.32 Å². The maximum Gasteiger partial charge on any atom is 0.413 e.